The van der Waals surface area contributed by atoms with Crippen LogP contribution >= 0.6 is 0 Å². The lowest BCUT2D eigenvalue weighted by molar-refractivity contribution is 0.101. The van der Waals surface area contributed by atoms with Gasteiger partial charge in [-0.3, -0.25) is 46.0 Å². The maximum Gasteiger partial charge on any atom is 0.323 e. The molecule has 0 saturated carbocycles. The summed E-state index contributed by atoms with van der Waals surface area (Å²) in [7, 11) is -43.5. The topological polar surface area (TPSA) is 534 Å². The van der Waals surface area contributed by atoms with Crippen LogP contribution in [-0.2, 0) is 80.9 Å². The minimum atomic E-state index is -5.59. The normalized spacial score (nSPS) is 13.1. The Bertz CT molecular complexity index is 4170. The molecule has 0 aliphatic carbocycles. The van der Waals surface area contributed by atoms with Crippen molar-refractivity contribution in [1.29, 1.82) is 0 Å². The molecule has 0 saturated heterocycles. The Morgan fingerprint density at radius 3 is 0.838 bits per heavy atom. The molecule has 0 radical (unpaired) electrons. The van der Waals surface area contributed by atoms with Crippen LogP contribution in [0.1, 0.15) is 20.7 Å². The van der Waals surface area contributed by atoms with Crippen molar-refractivity contribution < 1.29 is 118 Å². The molecule has 0 atom stereocenters. The van der Waals surface area contributed by atoms with Crippen LogP contribution in [0.4, 0.5) is 27.5 Å². The van der Waals surface area contributed by atoms with E-state index in [1.165, 1.54) is 0 Å². The van der Waals surface area contributed by atoms with E-state index < -0.39 is 193 Å². The quantitative estimate of drug-likeness (QED) is 0.0695. The van der Waals surface area contributed by atoms with E-state index in [1.807, 2.05) is 21.3 Å². The van der Waals surface area contributed by atoms with E-state index in [0.29, 0.717) is 72.8 Å². The van der Waals surface area contributed by atoms with Gasteiger partial charge in [-0.2, -0.15) is 67.3 Å². The molecule has 0 unspecified atom stereocenters. The first-order valence-electron chi connectivity index (χ1n) is 18.5. The molecule has 12 N–H and O–H groups in total. The summed E-state index contributed by atoms with van der Waals surface area (Å²) in [6.45, 7) is 0. The van der Waals surface area contributed by atoms with Crippen LogP contribution in [0.3, 0.4) is 0 Å². The molecule has 31 nitrogen and oxygen atoms in total. The molecule has 0 aromatic heterocycles. The van der Waals surface area contributed by atoms with Crippen molar-refractivity contribution in [2.45, 2.75) is 39.2 Å². The summed E-state index contributed by atoms with van der Waals surface area (Å²) in [6.07, 6.45) is 0. The van der Waals surface area contributed by atoms with Crippen LogP contribution < -0.4 is 21.3 Å². The lowest BCUT2D eigenvalue weighted by Crippen LogP contribution is -2.22. The van der Waals surface area contributed by atoms with Gasteiger partial charge in [0, 0.05) is 22.1 Å². The summed E-state index contributed by atoms with van der Waals surface area (Å²) in [6, 6.07) is 4.70. The number of urea groups is 1. The Kier molecular flexibility index (Phi) is 14.5. The van der Waals surface area contributed by atoms with E-state index in [-0.39, 0.29) is 12.1 Å². The van der Waals surface area contributed by atoms with Gasteiger partial charge < -0.3 is 21.3 Å². The van der Waals surface area contributed by atoms with E-state index in [2.05, 4.69) is 0 Å². The average molecular weight is 1190 g/mol. The zero-order chi connectivity index (χ0) is 55.9. The number of fused-ring (bicyclic) bond motifs is 2. The molecule has 0 heterocycles. The number of amides is 4. The van der Waals surface area contributed by atoms with Crippen molar-refractivity contribution in [2.75, 3.05) is 21.3 Å². The van der Waals surface area contributed by atoms with Crippen LogP contribution in [0.5, 0.6) is 0 Å². The van der Waals surface area contributed by atoms with Crippen LogP contribution in [-0.4, -0.2) is 122 Å². The summed E-state index contributed by atoms with van der Waals surface area (Å²) in [5, 5.41) is 4.34. The van der Waals surface area contributed by atoms with E-state index in [9.17, 15) is 118 Å². The van der Waals surface area contributed by atoms with Crippen molar-refractivity contribution in [1.82, 2.24) is 0 Å². The van der Waals surface area contributed by atoms with Gasteiger partial charge in [0.15, 0.2) is 0 Å². The van der Waals surface area contributed by atoms with Gasteiger partial charge in [0.1, 0.15) is 19.6 Å². The molecule has 6 aromatic rings. The van der Waals surface area contributed by atoms with Gasteiger partial charge in [-0.25, -0.2) is 4.79 Å². The van der Waals surface area contributed by atoms with Gasteiger partial charge in [0.05, 0.1) is 42.1 Å². The molecule has 0 fully saturated rings. The Labute approximate surface area is 415 Å². The highest BCUT2D eigenvalue weighted by Crippen LogP contribution is 2.38. The first-order chi connectivity index (χ1) is 33.4. The standard InChI is InChI=1S/C35H26N4O27S8/c40-33(38-25-11-19(67(43,44)45)5-15-7-21(69(49,50)51)13-29(31(15)25)73(61,62)63)23-9-17(1-3-27(23)71(55,56)57)36-35(42)37-18-2-4-28(72(58,59)60)24(10-18)34(41)39-26-12-20(68(46,47)48)6-16-8-22(70(52,53)54)14-30(32(16)26)74(64,65)66/h1-14H,(H,38,40)(H,39,41)(H2,36,37,42)(H,43,44,45)(H,46,47,48)(H,49,50,51)(H,52,53,54)(H,55,56,57)(H,58,59,60)(H,61,62,63)(H,64,65,66). The summed E-state index contributed by atoms with van der Waals surface area (Å²) in [5.74, 6) is -3.46. The SMILES string of the molecule is O=C(Nc1ccc(S(=O)(=O)O)c(C(=O)Nc2cc(S(=O)(=O)O)cc3cc(S(=O)(=O)O)cc(S(=O)(=O)O)c23)c1)Nc1ccc(S(=O)(=O)O)c(C(=O)Nc2cc(S(=O)(=O)O)cc3cc(S(=O)(=O)O)cc(S(=O)(=O)O)c23)c1. The predicted molar refractivity (Wildman–Crippen MR) is 248 cm³/mol. The van der Waals surface area contributed by atoms with E-state index in [4.69, 9.17) is 0 Å². The molecule has 39 heteroatoms. The van der Waals surface area contributed by atoms with Gasteiger partial charge >= 0.3 is 6.03 Å². The third-order valence-electron chi connectivity index (χ3n) is 9.68. The van der Waals surface area contributed by atoms with Crippen molar-refractivity contribution in [3.05, 3.63) is 96.1 Å². The molecule has 0 aliphatic heterocycles. The second-order valence-corrected chi connectivity index (χ2v) is 25.9. The molecule has 4 amide bonds. The van der Waals surface area contributed by atoms with Crippen molar-refractivity contribution in [3.63, 3.8) is 0 Å². The zero-order valence-corrected chi connectivity index (χ0v) is 41.7. The highest BCUT2D eigenvalue weighted by molar-refractivity contribution is 7.88. The number of carbonyl (C=O) groups is 3. The Morgan fingerprint density at radius 2 is 0.581 bits per heavy atom. The molecule has 396 valence electrons. The smallest absolute Gasteiger partial charge is 0.321 e. The highest BCUT2D eigenvalue weighted by Gasteiger charge is 2.30. The monoisotopic (exact) mass is 1190 g/mol. The van der Waals surface area contributed by atoms with Gasteiger partial charge in [0.25, 0.3) is 92.8 Å². The fraction of sp³-hybridized carbons (Fsp3) is 0. The lowest BCUT2D eigenvalue weighted by atomic mass is 10.1. The Hall–Kier alpha value is -6.67. The molecular formula is C35H26N4O27S8. The minimum Gasteiger partial charge on any atom is -0.321 e. The van der Waals surface area contributed by atoms with Crippen LogP contribution in [0.15, 0.2) is 124 Å². The Morgan fingerprint density at radius 1 is 0.311 bits per heavy atom. The minimum absolute atomic E-state index is 0.163. The number of rotatable bonds is 14. The van der Waals surface area contributed by atoms with Crippen molar-refractivity contribution in [2.24, 2.45) is 0 Å². The largest absolute Gasteiger partial charge is 0.323 e. The third-order valence-corrected chi connectivity index (χ3v) is 16.6. The fourth-order valence-corrected chi connectivity index (χ4v) is 11.9. The summed E-state index contributed by atoms with van der Waals surface area (Å²) < 4.78 is 274. The highest BCUT2D eigenvalue weighted by atomic mass is 32.2. The molecule has 6 rings (SSSR count). The first-order valence-corrected chi connectivity index (χ1v) is 30.0. The van der Waals surface area contributed by atoms with Crippen molar-refractivity contribution >= 4 is 143 Å². The number of nitrogens with one attached hydrogen (secondary N) is 4. The van der Waals surface area contributed by atoms with Gasteiger partial charge in [-0.05, 0) is 95.7 Å². The average Bonchev–Trinajstić information content (AvgIpc) is 3.22. The second kappa shape index (κ2) is 18.9. The summed E-state index contributed by atoms with van der Waals surface area (Å²) in [5.41, 5.74) is -5.65. The van der Waals surface area contributed by atoms with E-state index >= 15 is 0 Å². The molecule has 74 heavy (non-hydrogen) atoms. The van der Waals surface area contributed by atoms with Gasteiger partial charge in [-0.15, -0.1) is 0 Å². The number of benzene rings is 6. The third kappa shape index (κ3) is 12.5. The lowest BCUT2D eigenvalue weighted by Gasteiger charge is -2.16. The van der Waals surface area contributed by atoms with E-state index in [0.717, 1.165) is 0 Å². The first kappa shape index (κ1) is 56.6. The zero-order valence-electron chi connectivity index (χ0n) is 35.2. The molecular weight excluding hydrogens is 1160 g/mol. The number of hydrogen-bond acceptors (Lipinski definition) is 19. The molecule has 0 aliphatic rings. The van der Waals surface area contributed by atoms with Gasteiger partial charge in [0.2, 0.25) is 0 Å². The Balaban J connectivity index is 1.40. The number of carbonyl (C=O) groups excluding carboxylic acids is 3. The maximum atomic E-state index is 13.8. The summed E-state index contributed by atoms with van der Waals surface area (Å²) >= 11 is 0. The van der Waals surface area contributed by atoms with Crippen molar-refractivity contribution in [3.8, 4) is 0 Å². The maximum absolute atomic E-state index is 13.8. The van der Waals surface area contributed by atoms with Crippen LogP contribution in [0, 0.1) is 0 Å². The number of anilines is 4. The second-order valence-electron chi connectivity index (χ2n) is 14.7. The number of hydrogen-bond donors (Lipinski definition) is 12. The van der Waals surface area contributed by atoms with Gasteiger partial charge in [-0.1, -0.05) is 0 Å². The van der Waals surface area contributed by atoms with Crippen LogP contribution in [0.2, 0.25) is 0 Å². The molecule has 6 aromatic carbocycles. The van der Waals surface area contributed by atoms with E-state index in [1.54, 1.807) is 0 Å². The predicted octanol–water partition coefficient (Wildman–Crippen LogP) is 2.12. The molecule has 0 spiro atoms. The van der Waals surface area contributed by atoms with Crippen LogP contribution in [0.25, 0.3) is 21.5 Å². The summed E-state index contributed by atoms with van der Waals surface area (Å²) in [4.78, 5) is 30.6. The fourth-order valence-electron chi connectivity index (χ4n) is 6.74. The molecule has 0 bridgehead atoms.